The first-order chi connectivity index (χ1) is 14.6. The molecule has 2 aromatic rings. The van der Waals surface area contributed by atoms with Gasteiger partial charge in [-0.2, -0.15) is 0 Å². The van der Waals surface area contributed by atoms with Crippen LogP contribution in [-0.2, 0) is 26.2 Å². The second-order valence-electron chi connectivity index (χ2n) is 7.09. The van der Waals surface area contributed by atoms with Crippen LogP contribution in [0, 0.1) is 0 Å². The number of aromatic nitrogens is 2. The summed E-state index contributed by atoms with van der Waals surface area (Å²) in [6.07, 6.45) is 1.34. The summed E-state index contributed by atoms with van der Waals surface area (Å²) in [5, 5.41) is -0.605. The lowest BCUT2D eigenvalue weighted by Gasteiger charge is -2.28. The number of rotatable bonds is 7. The summed E-state index contributed by atoms with van der Waals surface area (Å²) < 4.78 is 53.6. The van der Waals surface area contributed by atoms with Crippen molar-refractivity contribution in [1.82, 2.24) is 14.9 Å². The Kier molecular flexibility index (Phi) is 6.87. The number of benzene rings is 1. The Balaban J connectivity index is 2.00. The summed E-state index contributed by atoms with van der Waals surface area (Å²) in [6.45, 7) is 1.54. The lowest BCUT2D eigenvalue weighted by Crippen LogP contribution is -2.41. The number of hydrogen-bond donors (Lipinski definition) is 0. The van der Waals surface area contributed by atoms with Crippen molar-refractivity contribution in [2.75, 3.05) is 24.4 Å². The zero-order chi connectivity index (χ0) is 22.8. The van der Waals surface area contributed by atoms with Crippen molar-refractivity contribution in [3.8, 4) is 5.75 Å². The maximum Gasteiger partial charge on any atom is 0.274 e. The van der Waals surface area contributed by atoms with Gasteiger partial charge < -0.3 is 9.64 Å². The molecular weight excluding hydrogens is 466 g/mol. The maximum atomic E-state index is 13.4. The van der Waals surface area contributed by atoms with Crippen LogP contribution in [0.4, 0.5) is 0 Å². The van der Waals surface area contributed by atoms with Gasteiger partial charge in [0.2, 0.25) is 15.0 Å². The third kappa shape index (κ3) is 5.34. The van der Waals surface area contributed by atoms with E-state index in [9.17, 15) is 21.6 Å². The molecule has 1 fully saturated rings. The molecule has 1 atom stereocenters. The Hall–Kier alpha value is -2.24. The molecule has 1 amide bonds. The molecule has 3 rings (SSSR count). The van der Waals surface area contributed by atoms with Crippen LogP contribution in [0.25, 0.3) is 0 Å². The van der Waals surface area contributed by atoms with Gasteiger partial charge in [0, 0.05) is 12.6 Å². The molecule has 0 radical (unpaired) electrons. The van der Waals surface area contributed by atoms with Crippen LogP contribution in [0.3, 0.4) is 0 Å². The molecular formula is C19H22ClN3O6S2. The molecule has 2 heterocycles. The molecule has 0 N–H and O–H groups in total. The van der Waals surface area contributed by atoms with E-state index >= 15 is 0 Å². The Morgan fingerprint density at radius 1 is 1.29 bits per heavy atom. The summed E-state index contributed by atoms with van der Waals surface area (Å²) in [5.74, 6) is -0.468. The van der Waals surface area contributed by atoms with E-state index in [4.69, 9.17) is 16.3 Å². The van der Waals surface area contributed by atoms with Crippen molar-refractivity contribution in [2.45, 2.75) is 31.1 Å². The minimum atomic E-state index is -3.76. The molecule has 1 aliphatic rings. The fraction of sp³-hybridized carbons (Fsp3) is 0.421. The van der Waals surface area contributed by atoms with E-state index < -0.39 is 36.8 Å². The Morgan fingerprint density at radius 3 is 2.52 bits per heavy atom. The van der Waals surface area contributed by atoms with Gasteiger partial charge in [-0.05, 0) is 24.1 Å². The molecule has 1 saturated heterocycles. The van der Waals surface area contributed by atoms with Crippen molar-refractivity contribution < 1.29 is 26.4 Å². The second-order valence-corrected chi connectivity index (χ2v) is 11.9. The summed E-state index contributed by atoms with van der Waals surface area (Å²) >= 11 is 6.13. The largest absolute Gasteiger partial charge is 0.497 e. The number of amides is 1. The number of nitrogens with zero attached hydrogens (tertiary/aromatic N) is 3. The maximum absolute atomic E-state index is 13.4. The zero-order valence-electron chi connectivity index (χ0n) is 17.0. The molecule has 9 nitrogen and oxygen atoms in total. The highest BCUT2D eigenvalue weighted by Crippen LogP contribution is 2.25. The van der Waals surface area contributed by atoms with Gasteiger partial charge in [-0.3, -0.25) is 4.79 Å². The molecule has 0 spiro atoms. The highest BCUT2D eigenvalue weighted by atomic mass is 35.5. The molecule has 0 unspecified atom stereocenters. The molecule has 168 valence electrons. The fourth-order valence-corrected chi connectivity index (χ4v) is 5.84. The lowest BCUT2D eigenvalue weighted by atomic mass is 10.1. The third-order valence-corrected chi connectivity index (χ3v) is 8.54. The SMILES string of the molecule is CCS(=O)(=O)c1ncc(Cl)c(C(=O)N(Cc2ccc(OC)cc2)[C@H]2CCS(=O)(=O)C2)n1. The van der Waals surface area contributed by atoms with Gasteiger partial charge in [0.25, 0.3) is 5.91 Å². The lowest BCUT2D eigenvalue weighted by molar-refractivity contribution is 0.0674. The molecule has 0 aliphatic carbocycles. The summed E-state index contributed by atoms with van der Waals surface area (Å²) in [5.41, 5.74) is 0.464. The summed E-state index contributed by atoms with van der Waals surface area (Å²) in [7, 11) is -5.51. The average Bonchev–Trinajstić information content (AvgIpc) is 3.11. The van der Waals surface area contributed by atoms with Crippen LogP contribution in [0.1, 0.15) is 29.4 Å². The molecule has 0 bridgehead atoms. The number of carbonyl (C=O) groups excluding carboxylic acids is 1. The first-order valence-electron chi connectivity index (χ1n) is 9.46. The van der Waals surface area contributed by atoms with Gasteiger partial charge in [0.05, 0.1) is 35.6 Å². The van der Waals surface area contributed by atoms with Gasteiger partial charge in [-0.25, -0.2) is 26.8 Å². The molecule has 0 saturated carbocycles. The first kappa shape index (κ1) is 23.4. The van der Waals surface area contributed by atoms with E-state index in [0.29, 0.717) is 5.75 Å². The minimum absolute atomic E-state index is 0.0307. The van der Waals surface area contributed by atoms with Crippen LogP contribution >= 0.6 is 11.6 Å². The van der Waals surface area contributed by atoms with Crippen LogP contribution in [0.15, 0.2) is 35.6 Å². The minimum Gasteiger partial charge on any atom is -0.497 e. The average molecular weight is 488 g/mol. The van der Waals surface area contributed by atoms with Crippen molar-refractivity contribution >= 4 is 37.2 Å². The molecule has 1 aromatic heterocycles. The normalized spacial score (nSPS) is 18.0. The van der Waals surface area contributed by atoms with Crippen LogP contribution < -0.4 is 4.74 Å². The van der Waals surface area contributed by atoms with E-state index in [2.05, 4.69) is 9.97 Å². The molecule has 1 aromatic carbocycles. The van der Waals surface area contributed by atoms with Gasteiger partial charge in [0.1, 0.15) is 5.75 Å². The van der Waals surface area contributed by atoms with E-state index in [1.807, 2.05) is 0 Å². The van der Waals surface area contributed by atoms with Gasteiger partial charge in [-0.1, -0.05) is 30.7 Å². The number of ether oxygens (including phenoxy) is 1. The summed E-state index contributed by atoms with van der Waals surface area (Å²) in [6, 6.07) is 6.39. The van der Waals surface area contributed by atoms with Crippen LogP contribution in [-0.4, -0.2) is 68.0 Å². The van der Waals surface area contributed by atoms with Gasteiger partial charge >= 0.3 is 0 Å². The molecule has 31 heavy (non-hydrogen) atoms. The number of methoxy groups -OCH3 is 1. The molecule has 12 heteroatoms. The van der Waals surface area contributed by atoms with Crippen LogP contribution in [0.5, 0.6) is 5.75 Å². The van der Waals surface area contributed by atoms with Crippen molar-refractivity contribution in [3.63, 3.8) is 0 Å². The Bertz CT molecular complexity index is 1180. The highest BCUT2D eigenvalue weighted by molar-refractivity contribution is 7.91. The predicted octanol–water partition coefficient (Wildman–Crippen LogP) is 1.76. The van der Waals surface area contributed by atoms with E-state index in [0.717, 1.165) is 11.8 Å². The number of sulfone groups is 2. The summed E-state index contributed by atoms with van der Waals surface area (Å²) in [4.78, 5) is 22.4. The topological polar surface area (TPSA) is 124 Å². The zero-order valence-corrected chi connectivity index (χ0v) is 19.4. The highest BCUT2D eigenvalue weighted by Gasteiger charge is 2.36. The van der Waals surface area contributed by atoms with Gasteiger partial charge in [-0.15, -0.1) is 0 Å². The standard InChI is InChI=1S/C19H22ClN3O6S2/c1-3-31(27,28)19-21-10-16(20)17(22-19)18(24)23(14-8-9-30(25,26)12-14)11-13-4-6-15(29-2)7-5-13/h4-7,10,14H,3,8-9,11-12H2,1-2H3/t14-/m0/s1. The van der Waals surface area contributed by atoms with Crippen molar-refractivity contribution in [2.24, 2.45) is 0 Å². The smallest absolute Gasteiger partial charge is 0.274 e. The number of carbonyl (C=O) groups is 1. The van der Waals surface area contributed by atoms with E-state index in [1.165, 1.54) is 18.9 Å². The monoisotopic (exact) mass is 487 g/mol. The quantitative estimate of drug-likeness (QED) is 0.541. The van der Waals surface area contributed by atoms with Crippen molar-refractivity contribution in [3.05, 3.63) is 46.7 Å². The van der Waals surface area contributed by atoms with Crippen molar-refractivity contribution in [1.29, 1.82) is 0 Å². The fourth-order valence-electron chi connectivity index (χ4n) is 3.23. The number of hydrogen-bond acceptors (Lipinski definition) is 8. The van der Waals surface area contributed by atoms with E-state index in [1.54, 1.807) is 24.3 Å². The first-order valence-corrected chi connectivity index (χ1v) is 13.3. The second kappa shape index (κ2) is 9.09. The molecule has 1 aliphatic heterocycles. The van der Waals surface area contributed by atoms with Crippen LogP contribution in [0.2, 0.25) is 5.02 Å². The van der Waals surface area contributed by atoms with Gasteiger partial charge in [0.15, 0.2) is 15.5 Å². The Morgan fingerprint density at radius 2 is 1.97 bits per heavy atom. The predicted molar refractivity (Wildman–Crippen MR) is 115 cm³/mol. The number of halogens is 1. The Labute approximate surface area is 186 Å². The third-order valence-electron chi connectivity index (χ3n) is 5.00. The van der Waals surface area contributed by atoms with E-state index in [-0.39, 0.29) is 40.9 Å².